The molecule has 0 unspecified atom stereocenters. The molecular formula is C23H24N4O2S. The lowest BCUT2D eigenvalue weighted by Gasteiger charge is -2.06. The quantitative estimate of drug-likeness (QED) is 0.387. The van der Waals surface area contributed by atoms with Crippen LogP contribution >= 0.6 is 11.3 Å². The minimum absolute atomic E-state index is 0. The van der Waals surface area contributed by atoms with Crippen molar-refractivity contribution in [2.75, 3.05) is 18.4 Å². The van der Waals surface area contributed by atoms with Crippen molar-refractivity contribution >= 4 is 49.3 Å². The number of thiazole rings is 1. The highest BCUT2D eigenvalue weighted by Gasteiger charge is 2.28. The Kier molecular flexibility index (Phi) is 4.64. The van der Waals surface area contributed by atoms with Crippen molar-refractivity contribution in [3.63, 3.8) is 0 Å². The van der Waals surface area contributed by atoms with Crippen LogP contribution in [0.25, 0.3) is 21.1 Å². The van der Waals surface area contributed by atoms with E-state index in [0.717, 1.165) is 52.0 Å². The van der Waals surface area contributed by atoms with Gasteiger partial charge in [-0.25, -0.2) is 4.98 Å². The number of Topliss-reactive ketones (excluding diaryl/α,β-unsaturated/α-hetero) is 1. The number of carbonyl (C=O) groups excluding carboxylic acids is 2. The third-order valence-electron chi connectivity index (χ3n) is 5.79. The highest BCUT2D eigenvalue weighted by Crippen LogP contribution is 2.30. The fourth-order valence-corrected chi connectivity index (χ4v) is 5.09. The minimum atomic E-state index is -0.640. The molecule has 0 spiro atoms. The second-order valence-corrected chi connectivity index (χ2v) is 8.73. The zero-order valence-electron chi connectivity index (χ0n) is 16.9. The van der Waals surface area contributed by atoms with Gasteiger partial charge in [0.2, 0.25) is 0 Å². The lowest BCUT2D eigenvalue weighted by Crippen LogP contribution is -2.24. The van der Waals surface area contributed by atoms with E-state index in [9.17, 15) is 9.59 Å². The monoisotopic (exact) mass is 420 g/mol. The first-order valence-corrected chi connectivity index (χ1v) is 10.9. The molecule has 0 fully saturated rings. The molecule has 0 saturated carbocycles. The zero-order chi connectivity index (χ0) is 20.8. The van der Waals surface area contributed by atoms with Gasteiger partial charge in [0.05, 0.1) is 15.8 Å². The molecule has 0 radical (unpaired) electrons. The van der Waals surface area contributed by atoms with E-state index in [2.05, 4.69) is 33.2 Å². The summed E-state index contributed by atoms with van der Waals surface area (Å²) in [5.74, 6) is -1.15. The number of fused-ring (bicyclic) bond motifs is 4. The van der Waals surface area contributed by atoms with Gasteiger partial charge in [0.25, 0.3) is 11.7 Å². The number of nitrogens with zero attached hydrogens (tertiary/aromatic N) is 2. The molecule has 7 heteroatoms. The van der Waals surface area contributed by atoms with Gasteiger partial charge in [-0.05, 0) is 43.2 Å². The van der Waals surface area contributed by atoms with Crippen molar-refractivity contribution in [2.45, 2.75) is 26.8 Å². The normalized spacial score (nSPS) is 13.9. The van der Waals surface area contributed by atoms with Crippen molar-refractivity contribution in [2.24, 2.45) is 0 Å². The molecule has 30 heavy (non-hydrogen) atoms. The molecule has 2 N–H and O–H groups in total. The largest absolute Gasteiger partial charge is 0.343 e. The average Bonchev–Trinajstić information content (AvgIpc) is 3.14. The third kappa shape index (κ3) is 3.11. The van der Waals surface area contributed by atoms with Crippen LogP contribution in [0.15, 0.2) is 36.4 Å². The summed E-state index contributed by atoms with van der Waals surface area (Å²) in [4.78, 5) is 30.7. The van der Waals surface area contributed by atoms with Crippen molar-refractivity contribution < 1.29 is 11.0 Å². The van der Waals surface area contributed by atoms with Gasteiger partial charge < -0.3 is 9.88 Å². The van der Waals surface area contributed by atoms with Crippen molar-refractivity contribution in [1.82, 2.24) is 14.9 Å². The molecule has 2 aromatic carbocycles. The first-order valence-electron chi connectivity index (χ1n) is 10.1. The summed E-state index contributed by atoms with van der Waals surface area (Å²) in [5.41, 5.74) is 5.60. The molecule has 3 heterocycles. The Labute approximate surface area is 179 Å². The number of ketones is 1. The molecule has 1 aliphatic rings. The number of benzene rings is 2. The van der Waals surface area contributed by atoms with Crippen LogP contribution in [0.4, 0.5) is 5.13 Å². The number of hydrogen-bond acceptors (Lipinski definition) is 5. The van der Waals surface area contributed by atoms with E-state index in [0.29, 0.717) is 17.1 Å². The van der Waals surface area contributed by atoms with E-state index < -0.39 is 11.7 Å². The van der Waals surface area contributed by atoms with Gasteiger partial charge in [-0.2, -0.15) is 0 Å². The van der Waals surface area contributed by atoms with Gasteiger partial charge >= 0.3 is 0 Å². The van der Waals surface area contributed by atoms with Crippen molar-refractivity contribution in [3.8, 4) is 0 Å². The van der Waals surface area contributed by atoms with Gasteiger partial charge in [-0.1, -0.05) is 29.5 Å². The van der Waals surface area contributed by atoms with Gasteiger partial charge in [0.15, 0.2) is 5.13 Å². The first kappa shape index (κ1) is 19.0. The number of hydrogen-bond donors (Lipinski definition) is 2. The predicted molar refractivity (Wildman–Crippen MR) is 123 cm³/mol. The lowest BCUT2D eigenvalue weighted by molar-refractivity contribution is -0.112. The molecule has 2 aromatic heterocycles. The highest BCUT2D eigenvalue weighted by atomic mass is 32.1. The summed E-state index contributed by atoms with van der Waals surface area (Å²) in [6.45, 7) is 6.50. The Balaban J connectivity index is 0.00000231. The zero-order valence-corrected chi connectivity index (χ0v) is 17.7. The second kappa shape index (κ2) is 7.34. The summed E-state index contributed by atoms with van der Waals surface area (Å²) in [5, 5.41) is 7.39. The first-order chi connectivity index (χ1) is 14.5. The second-order valence-electron chi connectivity index (χ2n) is 7.70. The number of para-hydroxylation sites is 1. The molecule has 5 rings (SSSR count). The van der Waals surface area contributed by atoms with E-state index in [4.69, 9.17) is 0 Å². The van der Waals surface area contributed by atoms with E-state index in [1.807, 2.05) is 37.3 Å². The average molecular weight is 421 g/mol. The van der Waals surface area contributed by atoms with Crippen LogP contribution in [0.3, 0.4) is 0 Å². The summed E-state index contributed by atoms with van der Waals surface area (Å²) in [6.07, 6.45) is 0.711. The van der Waals surface area contributed by atoms with E-state index in [-0.39, 0.29) is 1.43 Å². The third-order valence-corrected chi connectivity index (χ3v) is 6.72. The number of nitrogens with one attached hydrogen (secondary N) is 2. The molecule has 1 amide bonds. The molecule has 6 nitrogen and oxygen atoms in total. The minimum Gasteiger partial charge on any atom is -0.343 e. The molecule has 0 saturated heterocycles. The predicted octanol–water partition coefficient (Wildman–Crippen LogP) is 4.08. The molecule has 154 valence electrons. The number of aryl methyl sites for hydroxylation is 2. The van der Waals surface area contributed by atoms with Crippen LogP contribution in [0, 0.1) is 13.8 Å². The van der Waals surface area contributed by atoms with Crippen LogP contribution in [-0.4, -0.2) is 34.3 Å². The SMILES string of the molecule is Cc1cc2nc(NC(=O)C(=O)c3c4n(c5ccccc35)CCNCC4)sc2cc1C.[HH]. The van der Waals surface area contributed by atoms with Crippen LogP contribution in [-0.2, 0) is 17.8 Å². The van der Waals surface area contributed by atoms with Crippen molar-refractivity contribution in [3.05, 3.63) is 58.8 Å². The Morgan fingerprint density at radius 2 is 1.97 bits per heavy atom. The summed E-state index contributed by atoms with van der Waals surface area (Å²) in [6, 6.07) is 11.9. The Morgan fingerprint density at radius 1 is 1.17 bits per heavy atom. The van der Waals surface area contributed by atoms with Gasteiger partial charge in [-0.3, -0.25) is 14.9 Å². The maximum Gasteiger partial charge on any atom is 0.298 e. The topological polar surface area (TPSA) is 76.0 Å². The van der Waals surface area contributed by atoms with Crippen LogP contribution in [0.2, 0.25) is 0 Å². The molecule has 0 bridgehead atoms. The maximum atomic E-state index is 13.3. The van der Waals surface area contributed by atoms with Gasteiger partial charge in [0.1, 0.15) is 0 Å². The fraction of sp³-hybridized carbons (Fsp3) is 0.261. The fourth-order valence-electron chi connectivity index (χ4n) is 4.15. The van der Waals surface area contributed by atoms with Crippen LogP contribution in [0.1, 0.15) is 28.6 Å². The molecule has 0 atom stereocenters. The molecule has 1 aliphatic heterocycles. The van der Waals surface area contributed by atoms with Gasteiger partial charge in [0, 0.05) is 44.1 Å². The summed E-state index contributed by atoms with van der Waals surface area (Å²) >= 11 is 1.39. The molecular weight excluding hydrogens is 396 g/mol. The number of aromatic nitrogens is 2. The number of rotatable bonds is 3. The summed E-state index contributed by atoms with van der Waals surface area (Å²) in [7, 11) is 0. The molecule has 4 aromatic rings. The smallest absolute Gasteiger partial charge is 0.298 e. The Morgan fingerprint density at radius 3 is 2.83 bits per heavy atom. The van der Waals surface area contributed by atoms with E-state index >= 15 is 0 Å². The number of carbonyl (C=O) groups is 2. The van der Waals surface area contributed by atoms with Gasteiger partial charge in [-0.15, -0.1) is 0 Å². The van der Waals surface area contributed by atoms with Crippen LogP contribution in [0.5, 0.6) is 0 Å². The van der Waals surface area contributed by atoms with Crippen LogP contribution < -0.4 is 10.6 Å². The molecule has 0 aliphatic carbocycles. The Bertz CT molecular complexity index is 1290. The highest BCUT2D eigenvalue weighted by molar-refractivity contribution is 7.22. The Hall–Kier alpha value is -3.03. The van der Waals surface area contributed by atoms with E-state index in [1.54, 1.807) is 0 Å². The standard InChI is InChI=1S/C23H22N4O2S.H2/c1-13-11-16-19(12-14(13)2)30-23(25-16)26-22(29)21(28)20-15-5-3-4-6-17(15)27-10-9-24-8-7-18(20)27;/h3-6,11-12,24H,7-10H2,1-2H3,(H,25,26,29);1H. The number of anilines is 1. The van der Waals surface area contributed by atoms with Crippen molar-refractivity contribution in [1.29, 1.82) is 0 Å². The van der Waals surface area contributed by atoms with E-state index in [1.165, 1.54) is 16.9 Å². The summed E-state index contributed by atoms with van der Waals surface area (Å²) < 4.78 is 3.16. The maximum absolute atomic E-state index is 13.3. The lowest BCUT2D eigenvalue weighted by atomic mass is 10.0. The number of amides is 1.